The highest BCUT2D eigenvalue weighted by Crippen LogP contribution is 2.15. The van der Waals surface area contributed by atoms with Crippen LogP contribution in [0.2, 0.25) is 0 Å². The first-order valence-electron chi connectivity index (χ1n) is 6.05. The van der Waals surface area contributed by atoms with Crippen molar-refractivity contribution in [2.24, 2.45) is 0 Å². The lowest BCUT2D eigenvalue weighted by Gasteiger charge is -2.04. The van der Waals surface area contributed by atoms with Crippen LogP contribution in [0, 0.1) is 17.0 Å². The van der Waals surface area contributed by atoms with E-state index in [1.54, 1.807) is 25.3 Å². The van der Waals surface area contributed by atoms with Crippen LogP contribution in [0.1, 0.15) is 12.1 Å². The van der Waals surface area contributed by atoms with Crippen molar-refractivity contribution >= 4 is 33.3 Å². The van der Waals surface area contributed by atoms with E-state index in [1.807, 2.05) is 0 Å². The van der Waals surface area contributed by atoms with Crippen molar-refractivity contribution in [1.29, 1.82) is 0 Å². The standard InChI is InChI=1S/C12H12BrN5O3/c1-8-10(18(20)21)7-17(16-8)5-4-12(19)15-11-3-2-9(13)6-14-11/h2-3,6-7H,4-5H2,1H3,(H,14,15,19). The fourth-order valence-electron chi connectivity index (χ4n) is 1.67. The third kappa shape index (κ3) is 4.09. The summed E-state index contributed by atoms with van der Waals surface area (Å²) in [4.78, 5) is 26.0. The van der Waals surface area contributed by atoms with Crippen LogP contribution in [0.15, 0.2) is 29.0 Å². The lowest BCUT2D eigenvalue weighted by molar-refractivity contribution is -0.385. The number of nitro groups is 1. The minimum Gasteiger partial charge on any atom is -0.311 e. The molecule has 0 bridgehead atoms. The van der Waals surface area contributed by atoms with Gasteiger partial charge in [0.15, 0.2) is 0 Å². The predicted octanol–water partition coefficient (Wildman–Crippen LogP) is 2.29. The molecule has 2 aromatic rings. The average Bonchev–Trinajstić information content (AvgIpc) is 2.81. The number of carbonyl (C=O) groups excluding carboxylic acids is 1. The van der Waals surface area contributed by atoms with Crippen molar-refractivity contribution in [3.05, 3.63) is 44.8 Å². The Balaban J connectivity index is 1.90. The smallest absolute Gasteiger partial charge is 0.309 e. The zero-order valence-electron chi connectivity index (χ0n) is 11.1. The average molecular weight is 354 g/mol. The van der Waals surface area contributed by atoms with Crippen LogP contribution in [-0.2, 0) is 11.3 Å². The molecule has 1 amide bonds. The van der Waals surface area contributed by atoms with Crippen molar-refractivity contribution in [3.63, 3.8) is 0 Å². The first-order valence-corrected chi connectivity index (χ1v) is 6.85. The number of aryl methyl sites for hydroxylation is 2. The van der Waals surface area contributed by atoms with Gasteiger partial charge in [0.25, 0.3) is 0 Å². The van der Waals surface area contributed by atoms with Crippen LogP contribution in [0.5, 0.6) is 0 Å². The number of nitrogens with one attached hydrogen (secondary N) is 1. The van der Waals surface area contributed by atoms with Crippen molar-refractivity contribution in [2.75, 3.05) is 5.32 Å². The predicted molar refractivity (Wildman–Crippen MR) is 78.8 cm³/mol. The second-order valence-corrected chi connectivity index (χ2v) is 5.20. The maximum absolute atomic E-state index is 11.8. The molecule has 2 heterocycles. The normalized spacial score (nSPS) is 10.4. The molecule has 2 aromatic heterocycles. The van der Waals surface area contributed by atoms with Gasteiger partial charge in [0.05, 0.1) is 4.92 Å². The summed E-state index contributed by atoms with van der Waals surface area (Å²) in [6, 6.07) is 3.44. The fourth-order valence-corrected chi connectivity index (χ4v) is 1.91. The lowest BCUT2D eigenvalue weighted by Crippen LogP contribution is -2.15. The Morgan fingerprint density at radius 1 is 1.52 bits per heavy atom. The molecular weight excluding hydrogens is 342 g/mol. The molecule has 0 atom stereocenters. The molecule has 0 aliphatic rings. The maximum Gasteiger partial charge on any atom is 0.309 e. The molecule has 8 nitrogen and oxygen atoms in total. The second-order valence-electron chi connectivity index (χ2n) is 4.28. The topological polar surface area (TPSA) is 103 Å². The zero-order valence-corrected chi connectivity index (χ0v) is 12.7. The van der Waals surface area contributed by atoms with Crippen molar-refractivity contribution < 1.29 is 9.72 Å². The van der Waals surface area contributed by atoms with Crippen LogP contribution in [0.25, 0.3) is 0 Å². The van der Waals surface area contributed by atoms with E-state index >= 15 is 0 Å². The zero-order chi connectivity index (χ0) is 15.4. The van der Waals surface area contributed by atoms with E-state index in [0.29, 0.717) is 11.5 Å². The van der Waals surface area contributed by atoms with Gasteiger partial charge in [-0.15, -0.1) is 0 Å². The Morgan fingerprint density at radius 3 is 2.86 bits per heavy atom. The molecule has 0 unspecified atom stereocenters. The minimum atomic E-state index is -0.495. The van der Waals surface area contributed by atoms with Gasteiger partial charge in [-0.25, -0.2) is 4.98 Å². The summed E-state index contributed by atoms with van der Waals surface area (Å²) in [6.07, 6.45) is 3.05. The van der Waals surface area contributed by atoms with Gasteiger partial charge >= 0.3 is 5.69 Å². The van der Waals surface area contributed by atoms with Crippen LogP contribution in [-0.4, -0.2) is 25.6 Å². The number of hydrogen-bond acceptors (Lipinski definition) is 5. The Morgan fingerprint density at radius 2 is 2.29 bits per heavy atom. The van der Waals surface area contributed by atoms with Crippen LogP contribution < -0.4 is 5.32 Å². The molecule has 0 aromatic carbocycles. The largest absolute Gasteiger partial charge is 0.311 e. The molecule has 0 fully saturated rings. The summed E-state index contributed by atoms with van der Waals surface area (Å²) >= 11 is 3.25. The number of anilines is 1. The van der Waals surface area contributed by atoms with Gasteiger partial charge < -0.3 is 5.32 Å². The van der Waals surface area contributed by atoms with Gasteiger partial charge in [0, 0.05) is 23.6 Å². The molecule has 9 heteroatoms. The molecule has 2 rings (SSSR count). The maximum atomic E-state index is 11.8. The summed E-state index contributed by atoms with van der Waals surface area (Å²) in [5.74, 6) is 0.214. The molecule has 21 heavy (non-hydrogen) atoms. The molecule has 0 spiro atoms. The highest BCUT2D eigenvalue weighted by atomic mass is 79.9. The second kappa shape index (κ2) is 6.44. The number of pyridine rings is 1. The first-order chi connectivity index (χ1) is 9.95. The monoisotopic (exact) mass is 353 g/mol. The van der Waals surface area contributed by atoms with Gasteiger partial charge in [-0.05, 0) is 35.0 Å². The van der Waals surface area contributed by atoms with Crippen molar-refractivity contribution in [3.8, 4) is 0 Å². The molecule has 1 N–H and O–H groups in total. The summed E-state index contributed by atoms with van der Waals surface area (Å²) in [7, 11) is 0. The summed E-state index contributed by atoms with van der Waals surface area (Å²) in [5.41, 5.74) is 0.278. The van der Waals surface area contributed by atoms with E-state index in [-0.39, 0.29) is 24.6 Å². The Hall–Kier alpha value is -2.29. The highest BCUT2D eigenvalue weighted by Gasteiger charge is 2.15. The number of halogens is 1. The van der Waals surface area contributed by atoms with E-state index in [1.165, 1.54) is 10.9 Å². The van der Waals surface area contributed by atoms with Gasteiger partial charge in [-0.3, -0.25) is 19.6 Å². The quantitative estimate of drug-likeness (QED) is 0.655. The lowest BCUT2D eigenvalue weighted by atomic mass is 10.4. The summed E-state index contributed by atoms with van der Waals surface area (Å²) in [5, 5.41) is 17.3. The third-order valence-electron chi connectivity index (χ3n) is 2.68. The molecule has 0 aliphatic heterocycles. The highest BCUT2D eigenvalue weighted by molar-refractivity contribution is 9.10. The van der Waals surface area contributed by atoms with Crippen LogP contribution in [0.4, 0.5) is 11.5 Å². The van der Waals surface area contributed by atoms with Crippen LogP contribution >= 0.6 is 15.9 Å². The number of rotatable bonds is 5. The minimum absolute atomic E-state index is 0.0509. The van der Waals surface area contributed by atoms with Gasteiger partial charge in [0.2, 0.25) is 5.91 Å². The Bertz CT molecular complexity index is 668. The van der Waals surface area contributed by atoms with E-state index in [0.717, 1.165) is 4.47 Å². The fraction of sp³-hybridized carbons (Fsp3) is 0.250. The van der Waals surface area contributed by atoms with Crippen LogP contribution in [0.3, 0.4) is 0 Å². The van der Waals surface area contributed by atoms with Crippen molar-refractivity contribution in [2.45, 2.75) is 19.9 Å². The first kappa shape index (κ1) is 15.1. The van der Waals surface area contributed by atoms with Gasteiger partial charge in [0.1, 0.15) is 17.7 Å². The molecule has 0 radical (unpaired) electrons. The number of hydrogen-bond donors (Lipinski definition) is 1. The van der Waals surface area contributed by atoms with E-state index in [4.69, 9.17) is 0 Å². The Labute approximate surface area is 128 Å². The number of aromatic nitrogens is 3. The van der Waals surface area contributed by atoms with Gasteiger partial charge in [-0.2, -0.15) is 5.10 Å². The molecule has 110 valence electrons. The Kier molecular flexibility index (Phi) is 4.63. The summed E-state index contributed by atoms with van der Waals surface area (Å²) in [6.45, 7) is 1.82. The third-order valence-corrected chi connectivity index (χ3v) is 3.15. The van der Waals surface area contributed by atoms with Crippen molar-refractivity contribution in [1.82, 2.24) is 14.8 Å². The van der Waals surface area contributed by atoms with E-state index in [2.05, 4.69) is 31.3 Å². The van der Waals surface area contributed by atoms with E-state index < -0.39 is 4.92 Å². The summed E-state index contributed by atoms with van der Waals surface area (Å²) < 4.78 is 2.21. The SMILES string of the molecule is Cc1nn(CCC(=O)Nc2ccc(Br)cn2)cc1[N+](=O)[O-]. The number of amides is 1. The van der Waals surface area contributed by atoms with Gasteiger partial charge in [-0.1, -0.05) is 0 Å². The number of carbonyl (C=O) groups is 1. The molecule has 0 aliphatic carbocycles. The molecular formula is C12H12BrN5O3. The van der Waals surface area contributed by atoms with E-state index in [9.17, 15) is 14.9 Å². The number of nitrogens with zero attached hydrogens (tertiary/aromatic N) is 4. The molecule has 0 saturated heterocycles. The molecule has 0 saturated carbocycles.